The molecule has 0 spiro atoms. The molecule has 1 rings (SSSR count). The Balaban J connectivity index is 2.73. The number of hydrogen-bond acceptors (Lipinski definition) is 1. The average Bonchev–Trinajstić information content (AvgIpc) is 2.17. The van der Waals surface area contributed by atoms with Crippen LogP contribution in [0.2, 0.25) is 0 Å². The number of rotatable bonds is 3. The molecular formula is C14H21BrO. The van der Waals surface area contributed by atoms with Crippen molar-refractivity contribution < 1.29 is 5.11 Å². The Kier molecular flexibility index (Phi) is 4.57. The molecule has 1 aromatic rings. The fourth-order valence-corrected chi connectivity index (χ4v) is 2.07. The summed E-state index contributed by atoms with van der Waals surface area (Å²) in [6.45, 7) is 8.65. The molecular weight excluding hydrogens is 264 g/mol. The lowest BCUT2D eigenvalue weighted by atomic mass is 9.87. The van der Waals surface area contributed by atoms with Gasteiger partial charge in [-0.1, -0.05) is 42.8 Å². The van der Waals surface area contributed by atoms with Crippen molar-refractivity contribution >= 4 is 15.9 Å². The van der Waals surface area contributed by atoms with Gasteiger partial charge in [0.15, 0.2) is 0 Å². The van der Waals surface area contributed by atoms with Crippen LogP contribution < -0.4 is 0 Å². The number of aliphatic hydroxyl groups is 1. The number of benzene rings is 1. The minimum atomic E-state index is -0.350. The number of aryl methyl sites for hydroxylation is 1. The molecule has 1 atom stereocenters. The Morgan fingerprint density at radius 1 is 1.31 bits per heavy atom. The lowest BCUT2D eigenvalue weighted by Gasteiger charge is -2.21. The Bertz CT molecular complexity index is 352. The van der Waals surface area contributed by atoms with Crippen LogP contribution in [-0.2, 0) is 0 Å². The Morgan fingerprint density at radius 3 is 2.50 bits per heavy atom. The van der Waals surface area contributed by atoms with Gasteiger partial charge in [0.2, 0.25) is 0 Å². The van der Waals surface area contributed by atoms with Crippen molar-refractivity contribution in [3.05, 3.63) is 33.8 Å². The molecule has 0 amide bonds. The molecule has 1 aromatic carbocycles. The van der Waals surface area contributed by atoms with E-state index in [1.54, 1.807) is 0 Å². The van der Waals surface area contributed by atoms with Gasteiger partial charge in [-0.2, -0.15) is 0 Å². The van der Waals surface area contributed by atoms with Crippen LogP contribution in [0, 0.1) is 12.3 Å². The van der Waals surface area contributed by atoms with Crippen LogP contribution in [0.25, 0.3) is 0 Å². The van der Waals surface area contributed by atoms with Crippen LogP contribution >= 0.6 is 15.9 Å². The molecule has 90 valence electrons. The second-order valence-corrected chi connectivity index (χ2v) is 6.53. The molecule has 1 nitrogen and oxygen atoms in total. The highest BCUT2D eigenvalue weighted by Gasteiger charge is 2.16. The maximum absolute atomic E-state index is 10.2. The SMILES string of the molecule is Cc1ccc(Br)cc1C(O)CCC(C)(C)C. The largest absolute Gasteiger partial charge is 0.388 e. The molecule has 0 fully saturated rings. The van der Waals surface area contributed by atoms with E-state index in [1.165, 1.54) is 0 Å². The Hall–Kier alpha value is -0.340. The standard InChI is InChI=1S/C14H21BrO/c1-10-5-6-11(15)9-12(10)13(16)7-8-14(2,3)4/h5-6,9,13,16H,7-8H2,1-4H3. The number of halogens is 1. The van der Waals surface area contributed by atoms with E-state index < -0.39 is 0 Å². The smallest absolute Gasteiger partial charge is 0.0793 e. The summed E-state index contributed by atoms with van der Waals surface area (Å²) in [4.78, 5) is 0. The van der Waals surface area contributed by atoms with E-state index >= 15 is 0 Å². The zero-order valence-electron chi connectivity index (χ0n) is 10.5. The molecule has 2 heteroatoms. The van der Waals surface area contributed by atoms with E-state index in [9.17, 15) is 5.11 Å². The van der Waals surface area contributed by atoms with Crippen LogP contribution in [0.15, 0.2) is 22.7 Å². The summed E-state index contributed by atoms with van der Waals surface area (Å²) in [6.07, 6.45) is 1.50. The summed E-state index contributed by atoms with van der Waals surface area (Å²) in [5.41, 5.74) is 2.48. The topological polar surface area (TPSA) is 20.2 Å². The fourth-order valence-electron chi connectivity index (χ4n) is 1.70. The predicted octanol–water partition coefficient (Wildman–Crippen LogP) is 4.62. The van der Waals surface area contributed by atoms with E-state index in [2.05, 4.69) is 36.7 Å². The number of aliphatic hydroxyl groups excluding tert-OH is 1. The lowest BCUT2D eigenvalue weighted by molar-refractivity contribution is 0.147. The highest BCUT2D eigenvalue weighted by Crippen LogP contribution is 2.30. The zero-order valence-corrected chi connectivity index (χ0v) is 12.1. The van der Waals surface area contributed by atoms with Gasteiger partial charge in [0, 0.05) is 4.47 Å². The summed E-state index contributed by atoms with van der Waals surface area (Å²) in [5, 5.41) is 10.2. The molecule has 0 aliphatic carbocycles. The van der Waals surface area contributed by atoms with Crippen molar-refractivity contribution in [3.63, 3.8) is 0 Å². The third kappa shape index (κ3) is 4.26. The summed E-state index contributed by atoms with van der Waals surface area (Å²) in [6, 6.07) is 6.07. The van der Waals surface area contributed by atoms with Gasteiger partial charge in [-0.05, 0) is 48.4 Å². The van der Waals surface area contributed by atoms with Crippen LogP contribution in [0.1, 0.15) is 50.8 Å². The Morgan fingerprint density at radius 2 is 1.94 bits per heavy atom. The molecule has 0 heterocycles. The van der Waals surface area contributed by atoms with E-state index in [-0.39, 0.29) is 11.5 Å². The molecule has 16 heavy (non-hydrogen) atoms. The van der Waals surface area contributed by atoms with E-state index in [0.717, 1.165) is 28.4 Å². The third-order valence-electron chi connectivity index (χ3n) is 2.77. The van der Waals surface area contributed by atoms with Crippen molar-refractivity contribution in [3.8, 4) is 0 Å². The van der Waals surface area contributed by atoms with Crippen molar-refractivity contribution in [2.24, 2.45) is 5.41 Å². The molecule has 1 unspecified atom stereocenters. The van der Waals surface area contributed by atoms with Crippen molar-refractivity contribution in [2.75, 3.05) is 0 Å². The maximum atomic E-state index is 10.2. The highest BCUT2D eigenvalue weighted by molar-refractivity contribution is 9.10. The number of hydrogen-bond donors (Lipinski definition) is 1. The second-order valence-electron chi connectivity index (χ2n) is 5.62. The molecule has 0 aromatic heterocycles. The Labute approximate surface area is 107 Å². The summed E-state index contributed by atoms with van der Waals surface area (Å²) >= 11 is 3.44. The molecule has 0 saturated heterocycles. The van der Waals surface area contributed by atoms with Crippen LogP contribution in [0.3, 0.4) is 0 Å². The fraction of sp³-hybridized carbons (Fsp3) is 0.571. The average molecular weight is 285 g/mol. The van der Waals surface area contributed by atoms with Crippen LogP contribution in [0.5, 0.6) is 0 Å². The first-order chi connectivity index (χ1) is 7.29. The van der Waals surface area contributed by atoms with Gasteiger partial charge in [-0.3, -0.25) is 0 Å². The van der Waals surface area contributed by atoms with Gasteiger partial charge in [0.1, 0.15) is 0 Å². The van der Waals surface area contributed by atoms with Gasteiger partial charge < -0.3 is 5.11 Å². The second kappa shape index (κ2) is 5.33. The van der Waals surface area contributed by atoms with Gasteiger partial charge >= 0.3 is 0 Å². The summed E-state index contributed by atoms with van der Waals surface area (Å²) < 4.78 is 1.03. The van der Waals surface area contributed by atoms with Crippen LogP contribution in [-0.4, -0.2) is 5.11 Å². The maximum Gasteiger partial charge on any atom is 0.0793 e. The monoisotopic (exact) mass is 284 g/mol. The van der Waals surface area contributed by atoms with Gasteiger partial charge in [-0.15, -0.1) is 0 Å². The van der Waals surface area contributed by atoms with Gasteiger partial charge in [0.25, 0.3) is 0 Å². The van der Waals surface area contributed by atoms with Crippen LogP contribution in [0.4, 0.5) is 0 Å². The molecule has 0 saturated carbocycles. The molecule has 0 aliphatic heterocycles. The van der Waals surface area contributed by atoms with Crippen molar-refractivity contribution in [1.82, 2.24) is 0 Å². The highest BCUT2D eigenvalue weighted by atomic mass is 79.9. The third-order valence-corrected chi connectivity index (χ3v) is 3.26. The normalized spacial score (nSPS) is 13.9. The summed E-state index contributed by atoms with van der Waals surface area (Å²) in [5.74, 6) is 0. The lowest BCUT2D eigenvalue weighted by Crippen LogP contribution is -2.09. The minimum absolute atomic E-state index is 0.279. The quantitative estimate of drug-likeness (QED) is 0.859. The summed E-state index contributed by atoms with van der Waals surface area (Å²) in [7, 11) is 0. The van der Waals surface area contributed by atoms with Crippen molar-refractivity contribution in [2.45, 2.75) is 46.6 Å². The molecule has 0 aliphatic rings. The first-order valence-corrected chi connectivity index (χ1v) is 6.53. The molecule has 1 N–H and O–H groups in total. The molecule has 0 bridgehead atoms. The minimum Gasteiger partial charge on any atom is -0.388 e. The molecule has 0 radical (unpaired) electrons. The predicted molar refractivity (Wildman–Crippen MR) is 72.5 cm³/mol. The first-order valence-electron chi connectivity index (χ1n) is 5.74. The van der Waals surface area contributed by atoms with E-state index in [4.69, 9.17) is 0 Å². The zero-order chi connectivity index (χ0) is 12.3. The van der Waals surface area contributed by atoms with Gasteiger partial charge in [-0.25, -0.2) is 0 Å². The first kappa shape index (κ1) is 13.7. The van der Waals surface area contributed by atoms with Gasteiger partial charge in [0.05, 0.1) is 6.10 Å². The van der Waals surface area contributed by atoms with E-state index in [0.29, 0.717) is 0 Å². The van der Waals surface area contributed by atoms with E-state index in [1.807, 2.05) is 25.1 Å². The van der Waals surface area contributed by atoms with Crippen molar-refractivity contribution in [1.29, 1.82) is 0 Å².